The highest BCUT2D eigenvalue weighted by Crippen LogP contribution is 2.21. The van der Waals surface area contributed by atoms with Gasteiger partial charge in [0.2, 0.25) is 0 Å². The highest BCUT2D eigenvalue weighted by molar-refractivity contribution is 9.10. The molecule has 140 valence electrons. The summed E-state index contributed by atoms with van der Waals surface area (Å²) in [5.41, 5.74) is 0. The second-order valence-corrected chi connectivity index (χ2v) is 6.29. The van der Waals surface area contributed by atoms with Crippen molar-refractivity contribution in [3.63, 3.8) is 0 Å². The van der Waals surface area contributed by atoms with Crippen molar-refractivity contribution in [1.29, 1.82) is 0 Å². The van der Waals surface area contributed by atoms with Crippen molar-refractivity contribution < 1.29 is 28.0 Å². The molecule has 0 aliphatic heterocycles. The predicted molar refractivity (Wildman–Crippen MR) is 94.3 cm³/mol. The van der Waals surface area contributed by atoms with Crippen LogP contribution in [-0.2, 0) is 14.3 Å². The zero-order chi connectivity index (χ0) is 19.1. The topological polar surface area (TPSA) is 90.7 Å². The van der Waals surface area contributed by atoms with E-state index in [2.05, 4.69) is 26.4 Å². The third-order valence-electron chi connectivity index (χ3n) is 3.27. The minimum absolute atomic E-state index is 0.0344. The Morgan fingerprint density at radius 2 is 2.15 bits per heavy atom. The van der Waals surface area contributed by atoms with Crippen LogP contribution >= 0.6 is 15.9 Å². The number of esters is 1. The summed E-state index contributed by atoms with van der Waals surface area (Å²) in [7, 11) is 0. The number of nitrogens with one attached hydrogen (secondary N) is 1. The number of hydrogen-bond acceptors (Lipinski definition) is 6. The smallest absolute Gasteiger partial charge is 0.310 e. The van der Waals surface area contributed by atoms with Gasteiger partial charge in [-0.3, -0.25) is 9.59 Å². The number of ether oxygens (including phenoxy) is 2. The number of hydrogen-bond donors (Lipinski definition) is 1. The fourth-order valence-electron chi connectivity index (χ4n) is 2.01. The molecule has 0 aliphatic carbocycles. The molecular formula is C17H18BrFN2O5. The van der Waals surface area contributed by atoms with E-state index in [0.29, 0.717) is 10.2 Å². The molecule has 1 amide bonds. The molecule has 0 saturated heterocycles. The first-order chi connectivity index (χ1) is 12.4. The summed E-state index contributed by atoms with van der Waals surface area (Å²) in [5, 5.41) is 6.15. The summed E-state index contributed by atoms with van der Waals surface area (Å²) in [4.78, 5) is 24.0. The Morgan fingerprint density at radius 3 is 2.77 bits per heavy atom. The molecule has 1 N–H and O–H groups in total. The van der Waals surface area contributed by atoms with E-state index < -0.39 is 23.8 Å². The average Bonchev–Trinajstić information content (AvgIpc) is 2.99. The first kappa shape index (κ1) is 19.9. The monoisotopic (exact) mass is 428 g/mol. The van der Waals surface area contributed by atoms with Crippen LogP contribution in [0.2, 0.25) is 0 Å². The van der Waals surface area contributed by atoms with Crippen LogP contribution in [0.5, 0.6) is 5.75 Å². The van der Waals surface area contributed by atoms with Gasteiger partial charge in [0.15, 0.2) is 23.5 Å². The number of carbonyl (C=O) groups is 2. The van der Waals surface area contributed by atoms with Gasteiger partial charge in [-0.2, -0.15) is 0 Å². The van der Waals surface area contributed by atoms with Gasteiger partial charge in [0.1, 0.15) is 5.76 Å². The quantitative estimate of drug-likeness (QED) is 0.645. The molecule has 7 nitrogen and oxygen atoms in total. The third kappa shape index (κ3) is 5.83. The number of carbonyl (C=O) groups excluding carboxylic acids is 2. The van der Waals surface area contributed by atoms with Gasteiger partial charge in [0, 0.05) is 10.5 Å². The van der Waals surface area contributed by atoms with Crippen LogP contribution in [0.1, 0.15) is 25.5 Å². The average molecular weight is 429 g/mol. The van der Waals surface area contributed by atoms with Gasteiger partial charge in [-0.25, -0.2) is 4.39 Å². The maximum Gasteiger partial charge on any atom is 0.310 e. The number of aryl methyl sites for hydroxylation is 1. The molecule has 1 heterocycles. The zero-order valence-corrected chi connectivity index (χ0v) is 15.8. The van der Waals surface area contributed by atoms with Crippen LogP contribution in [0.4, 0.5) is 10.2 Å². The maximum atomic E-state index is 13.6. The Bertz CT molecular complexity index is 780. The predicted octanol–water partition coefficient (Wildman–Crippen LogP) is 3.61. The number of anilines is 1. The van der Waals surface area contributed by atoms with Crippen molar-refractivity contribution >= 4 is 33.6 Å². The SMILES string of the molecule is CCC(OC(=O)CCOc1ccc(Br)cc1F)C(=O)Nc1cc(C)on1. The summed E-state index contributed by atoms with van der Waals surface area (Å²) >= 11 is 3.14. The Labute approximate surface area is 158 Å². The Hall–Kier alpha value is -2.42. The van der Waals surface area contributed by atoms with Gasteiger partial charge in [0.05, 0.1) is 13.0 Å². The van der Waals surface area contributed by atoms with Crippen molar-refractivity contribution in [2.75, 3.05) is 11.9 Å². The largest absolute Gasteiger partial charge is 0.490 e. The lowest BCUT2D eigenvalue weighted by Crippen LogP contribution is -2.32. The van der Waals surface area contributed by atoms with Crippen LogP contribution in [0.15, 0.2) is 33.3 Å². The van der Waals surface area contributed by atoms with E-state index >= 15 is 0 Å². The molecule has 0 saturated carbocycles. The Kier molecular flexibility index (Phi) is 7.14. The number of nitrogens with zero attached hydrogens (tertiary/aromatic N) is 1. The van der Waals surface area contributed by atoms with Crippen LogP contribution in [0, 0.1) is 12.7 Å². The molecule has 1 unspecified atom stereocenters. The van der Waals surface area contributed by atoms with E-state index in [4.69, 9.17) is 14.0 Å². The van der Waals surface area contributed by atoms with Gasteiger partial charge in [0.25, 0.3) is 5.91 Å². The van der Waals surface area contributed by atoms with Gasteiger partial charge >= 0.3 is 5.97 Å². The summed E-state index contributed by atoms with van der Waals surface area (Å²) in [6, 6.07) is 5.89. The molecule has 2 aromatic rings. The molecule has 1 aromatic heterocycles. The van der Waals surface area contributed by atoms with E-state index in [9.17, 15) is 14.0 Å². The molecule has 26 heavy (non-hydrogen) atoms. The van der Waals surface area contributed by atoms with Crippen molar-refractivity contribution in [3.05, 3.63) is 40.3 Å². The standard InChI is InChI=1S/C17H18BrFN2O5/c1-3-13(17(23)20-15-8-10(2)26-21-15)25-16(22)6-7-24-14-5-4-11(18)9-12(14)19/h4-5,8-9,13H,3,6-7H2,1-2H3,(H,20,21,23). The molecule has 9 heteroatoms. The Balaban J connectivity index is 1.79. The highest BCUT2D eigenvalue weighted by Gasteiger charge is 2.22. The van der Waals surface area contributed by atoms with E-state index in [-0.39, 0.29) is 31.0 Å². The summed E-state index contributed by atoms with van der Waals surface area (Å²) in [6.45, 7) is 3.32. The molecule has 0 bridgehead atoms. The molecule has 1 atom stereocenters. The van der Waals surface area contributed by atoms with Crippen LogP contribution < -0.4 is 10.1 Å². The second kappa shape index (κ2) is 9.33. The Morgan fingerprint density at radius 1 is 1.38 bits per heavy atom. The van der Waals surface area contributed by atoms with Crippen LogP contribution in [-0.4, -0.2) is 29.7 Å². The van der Waals surface area contributed by atoms with Crippen molar-refractivity contribution in [2.24, 2.45) is 0 Å². The lowest BCUT2D eigenvalue weighted by Gasteiger charge is -2.15. The summed E-state index contributed by atoms with van der Waals surface area (Å²) in [6.07, 6.45) is -0.803. The van der Waals surface area contributed by atoms with Gasteiger partial charge in [-0.15, -0.1) is 0 Å². The molecule has 0 aliphatic rings. The first-order valence-electron chi connectivity index (χ1n) is 7.90. The lowest BCUT2D eigenvalue weighted by molar-refractivity contribution is -0.154. The molecule has 1 aromatic carbocycles. The number of benzene rings is 1. The number of halogens is 2. The van der Waals surface area contributed by atoms with Crippen molar-refractivity contribution in [1.82, 2.24) is 5.16 Å². The van der Waals surface area contributed by atoms with Gasteiger partial charge in [-0.05, 0) is 31.5 Å². The second-order valence-electron chi connectivity index (χ2n) is 5.37. The van der Waals surface area contributed by atoms with Gasteiger partial charge < -0.3 is 19.3 Å². The molecule has 2 rings (SSSR count). The van der Waals surface area contributed by atoms with Crippen LogP contribution in [0.25, 0.3) is 0 Å². The molecular weight excluding hydrogens is 411 g/mol. The minimum Gasteiger partial charge on any atom is -0.490 e. The number of amides is 1. The van der Waals surface area contributed by atoms with E-state index in [1.165, 1.54) is 12.1 Å². The van der Waals surface area contributed by atoms with Gasteiger partial charge in [-0.1, -0.05) is 28.0 Å². The molecule has 0 spiro atoms. The fourth-order valence-corrected chi connectivity index (χ4v) is 2.34. The normalized spacial score (nSPS) is 11.7. The summed E-state index contributed by atoms with van der Waals surface area (Å²) < 4.78 is 29.4. The molecule has 0 fully saturated rings. The lowest BCUT2D eigenvalue weighted by atomic mass is 10.2. The molecule has 0 radical (unpaired) electrons. The van der Waals surface area contributed by atoms with Crippen molar-refractivity contribution in [3.8, 4) is 5.75 Å². The first-order valence-corrected chi connectivity index (χ1v) is 8.70. The third-order valence-corrected chi connectivity index (χ3v) is 3.77. The number of aromatic nitrogens is 1. The summed E-state index contributed by atoms with van der Waals surface area (Å²) in [5.74, 6) is -0.845. The van der Waals surface area contributed by atoms with E-state index in [0.717, 1.165) is 0 Å². The zero-order valence-electron chi connectivity index (χ0n) is 14.3. The van der Waals surface area contributed by atoms with E-state index in [1.54, 1.807) is 26.0 Å². The minimum atomic E-state index is -0.969. The fraction of sp³-hybridized carbons (Fsp3) is 0.353. The van der Waals surface area contributed by atoms with E-state index in [1.807, 2.05) is 0 Å². The maximum absolute atomic E-state index is 13.6. The van der Waals surface area contributed by atoms with Crippen LogP contribution in [0.3, 0.4) is 0 Å². The van der Waals surface area contributed by atoms with Crippen molar-refractivity contribution in [2.45, 2.75) is 32.8 Å². The number of rotatable bonds is 8. The highest BCUT2D eigenvalue weighted by atomic mass is 79.9.